The zero-order valence-electron chi connectivity index (χ0n) is 6.13. The normalized spacial score (nSPS) is 17.3. The highest BCUT2D eigenvalue weighted by molar-refractivity contribution is 7.80. The zero-order valence-corrected chi connectivity index (χ0v) is 7.02. The van der Waals surface area contributed by atoms with Crippen molar-refractivity contribution >= 4 is 12.6 Å². The molecule has 0 fully saturated rings. The second kappa shape index (κ2) is 5.09. The van der Waals surface area contributed by atoms with Crippen molar-refractivity contribution in [3.63, 3.8) is 0 Å². The monoisotopic (exact) mass is 150 g/mol. The summed E-state index contributed by atoms with van der Waals surface area (Å²) in [6, 6.07) is 0. The summed E-state index contributed by atoms with van der Waals surface area (Å²) in [5, 5.41) is 0. The molecule has 0 bridgehead atoms. The highest BCUT2D eigenvalue weighted by atomic mass is 32.1. The minimum atomic E-state index is -0.00449. The van der Waals surface area contributed by atoms with Gasteiger partial charge in [-0.1, -0.05) is 0 Å². The van der Waals surface area contributed by atoms with Crippen LogP contribution in [0.15, 0.2) is 0 Å². The van der Waals surface area contributed by atoms with Gasteiger partial charge in [-0.05, 0) is 13.8 Å². The number of thiol groups is 1. The number of hydrogen-bond donors (Lipinski definition) is 1. The molecule has 0 aliphatic heterocycles. The van der Waals surface area contributed by atoms with Crippen LogP contribution in [0.3, 0.4) is 0 Å². The van der Waals surface area contributed by atoms with Gasteiger partial charge in [0.2, 0.25) is 0 Å². The van der Waals surface area contributed by atoms with Gasteiger partial charge in [0.1, 0.15) is 0 Å². The third kappa shape index (κ3) is 6.15. The fraction of sp³-hybridized carbons (Fsp3) is 1.00. The zero-order chi connectivity index (χ0) is 7.28. The summed E-state index contributed by atoms with van der Waals surface area (Å²) in [5.74, 6) is 0. The predicted molar refractivity (Wildman–Crippen MR) is 40.9 cm³/mol. The van der Waals surface area contributed by atoms with Crippen LogP contribution in [0.4, 0.5) is 0 Å². The van der Waals surface area contributed by atoms with Crippen molar-refractivity contribution in [3.05, 3.63) is 0 Å². The lowest BCUT2D eigenvalue weighted by atomic mass is 10.4. The van der Waals surface area contributed by atoms with E-state index in [-0.39, 0.29) is 11.5 Å². The predicted octanol–water partition coefficient (Wildman–Crippen LogP) is 1.31. The van der Waals surface area contributed by atoms with E-state index in [0.29, 0.717) is 6.61 Å². The molecule has 0 radical (unpaired) electrons. The van der Waals surface area contributed by atoms with Crippen molar-refractivity contribution in [2.75, 3.05) is 13.7 Å². The van der Waals surface area contributed by atoms with E-state index in [1.807, 2.05) is 13.8 Å². The van der Waals surface area contributed by atoms with Gasteiger partial charge in [0, 0.05) is 7.11 Å². The van der Waals surface area contributed by atoms with Crippen molar-refractivity contribution in [2.24, 2.45) is 0 Å². The topological polar surface area (TPSA) is 18.5 Å². The van der Waals surface area contributed by atoms with Crippen molar-refractivity contribution in [2.45, 2.75) is 25.4 Å². The quantitative estimate of drug-likeness (QED) is 0.481. The number of rotatable bonds is 4. The van der Waals surface area contributed by atoms with Crippen molar-refractivity contribution in [3.8, 4) is 0 Å². The van der Waals surface area contributed by atoms with Crippen LogP contribution in [-0.4, -0.2) is 25.3 Å². The molecule has 0 saturated heterocycles. The molecular weight excluding hydrogens is 136 g/mol. The molecule has 56 valence electrons. The molecule has 2 unspecified atom stereocenters. The molecule has 2 nitrogen and oxygen atoms in total. The molecule has 0 aliphatic rings. The van der Waals surface area contributed by atoms with Crippen LogP contribution in [0.2, 0.25) is 0 Å². The van der Waals surface area contributed by atoms with E-state index in [9.17, 15) is 0 Å². The summed E-state index contributed by atoms with van der Waals surface area (Å²) in [5.41, 5.74) is -0.00449. The molecule has 0 amide bonds. The van der Waals surface area contributed by atoms with Gasteiger partial charge in [-0.3, -0.25) is 0 Å². The van der Waals surface area contributed by atoms with Gasteiger partial charge in [0.05, 0.1) is 18.1 Å². The van der Waals surface area contributed by atoms with E-state index in [1.165, 1.54) is 0 Å². The first kappa shape index (κ1) is 9.27. The lowest BCUT2D eigenvalue weighted by molar-refractivity contribution is 0.00316. The first-order valence-corrected chi connectivity index (χ1v) is 3.51. The Balaban J connectivity index is 3.15. The first-order chi connectivity index (χ1) is 4.16. The van der Waals surface area contributed by atoms with E-state index in [2.05, 4.69) is 12.6 Å². The largest absolute Gasteiger partial charge is 0.382 e. The summed E-state index contributed by atoms with van der Waals surface area (Å²) in [7, 11) is 1.66. The standard InChI is InChI=1S/C6H14O2S/c1-5(4-7-3)8-6(2)9/h5-6,9H,4H2,1-3H3. The van der Waals surface area contributed by atoms with Gasteiger partial charge >= 0.3 is 0 Å². The van der Waals surface area contributed by atoms with Crippen LogP contribution in [0, 0.1) is 0 Å². The van der Waals surface area contributed by atoms with Gasteiger partial charge in [0.15, 0.2) is 0 Å². The molecular formula is C6H14O2S. The highest BCUT2D eigenvalue weighted by Gasteiger charge is 2.02. The summed E-state index contributed by atoms with van der Waals surface area (Å²) in [6.07, 6.45) is 0.141. The van der Waals surface area contributed by atoms with Crippen LogP contribution in [0.25, 0.3) is 0 Å². The summed E-state index contributed by atoms with van der Waals surface area (Å²) < 4.78 is 10.1. The van der Waals surface area contributed by atoms with E-state index in [1.54, 1.807) is 7.11 Å². The van der Waals surface area contributed by atoms with Crippen molar-refractivity contribution in [1.82, 2.24) is 0 Å². The molecule has 0 aromatic rings. The lowest BCUT2D eigenvalue weighted by Crippen LogP contribution is -2.17. The number of hydrogen-bond acceptors (Lipinski definition) is 3. The molecule has 0 spiro atoms. The smallest absolute Gasteiger partial charge is 0.0976 e. The third-order valence-electron chi connectivity index (χ3n) is 0.831. The Labute approximate surface area is 61.9 Å². The number of ether oxygens (including phenoxy) is 2. The molecule has 0 saturated carbocycles. The third-order valence-corrected chi connectivity index (χ3v) is 0.952. The van der Waals surface area contributed by atoms with Crippen LogP contribution in [0.1, 0.15) is 13.8 Å². The average molecular weight is 150 g/mol. The Kier molecular flexibility index (Phi) is 5.24. The maximum absolute atomic E-state index is 5.23. The second-order valence-electron chi connectivity index (χ2n) is 2.00. The maximum atomic E-state index is 5.23. The molecule has 0 aromatic carbocycles. The first-order valence-electron chi connectivity index (χ1n) is 2.99. The molecule has 9 heavy (non-hydrogen) atoms. The fourth-order valence-corrected chi connectivity index (χ4v) is 0.818. The van der Waals surface area contributed by atoms with E-state index < -0.39 is 0 Å². The summed E-state index contributed by atoms with van der Waals surface area (Å²) in [4.78, 5) is 0. The Morgan fingerprint density at radius 1 is 1.44 bits per heavy atom. The minimum Gasteiger partial charge on any atom is -0.382 e. The van der Waals surface area contributed by atoms with Crippen LogP contribution in [0.5, 0.6) is 0 Å². The number of methoxy groups -OCH3 is 1. The van der Waals surface area contributed by atoms with E-state index in [0.717, 1.165) is 0 Å². The lowest BCUT2D eigenvalue weighted by Gasteiger charge is -2.13. The molecule has 0 aliphatic carbocycles. The van der Waals surface area contributed by atoms with Crippen molar-refractivity contribution in [1.29, 1.82) is 0 Å². The highest BCUT2D eigenvalue weighted by Crippen LogP contribution is 2.00. The van der Waals surface area contributed by atoms with Gasteiger partial charge in [-0.15, -0.1) is 12.6 Å². The average Bonchev–Trinajstić information content (AvgIpc) is 1.63. The minimum absolute atomic E-state index is 0.00449. The Hall–Kier alpha value is 0.270. The van der Waals surface area contributed by atoms with Gasteiger partial charge in [0.25, 0.3) is 0 Å². The molecule has 0 aromatic heterocycles. The van der Waals surface area contributed by atoms with Crippen LogP contribution in [-0.2, 0) is 9.47 Å². The fourth-order valence-electron chi connectivity index (χ4n) is 0.610. The van der Waals surface area contributed by atoms with Gasteiger partial charge in [-0.2, -0.15) is 0 Å². The van der Waals surface area contributed by atoms with Gasteiger partial charge < -0.3 is 9.47 Å². The second-order valence-corrected chi connectivity index (χ2v) is 2.73. The van der Waals surface area contributed by atoms with E-state index in [4.69, 9.17) is 9.47 Å². The maximum Gasteiger partial charge on any atom is 0.0976 e. The molecule has 3 heteroatoms. The van der Waals surface area contributed by atoms with E-state index >= 15 is 0 Å². The summed E-state index contributed by atoms with van der Waals surface area (Å²) >= 11 is 4.05. The Morgan fingerprint density at radius 2 is 2.00 bits per heavy atom. The molecule has 2 atom stereocenters. The molecule has 0 N–H and O–H groups in total. The van der Waals surface area contributed by atoms with Crippen molar-refractivity contribution < 1.29 is 9.47 Å². The molecule has 0 rings (SSSR count). The SMILES string of the molecule is COCC(C)OC(C)S. The van der Waals surface area contributed by atoms with Gasteiger partial charge in [-0.25, -0.2) is 0 Å². The Bertz CT molecular complexity index is 66.1. The van der Waals surface area contributed by atoms with Crippen LogP contribution < -0.4 is 0 Å². The molecule has 0 heterocycles. The Morgan fingerprint density at radius 3 is 2.33 bits per heavy atom. The summed E-state index contributed by atoms with van der Waals surface area (Å²) in [6.45, 7) is 4.47. The van der Waals surface area contributed by atoms with Crippen LogP contribution >= 0.6 is 12.6 Å².